The van der Waals surface area contributed by atoms with E-state index in [4.69, 9.17) is 5.11 Å². The van der Waals surface area contributed by atoms with Crippen molar-refractivity contribution in [2.24, 2.45) is 7.05 Å². The van der Waals surface area contributed by atoms with Crippen LogP contribution >= 0.6 is 0 Å². The summed E-state index contributed by atoms with van der Waals surface area (Å²) in [7, 11) is 1.69. The molecule has 0 spiro atoms. The van der Waals surface area contributed by atoms with Gasteiger partial charge in [-0.05, 0) is 25.5 Å². The summed E-state index contributed by atoms with van der Waals surface area (Å²) in [5, 5.41) is 12.7. The minimum absolute atomic E-state index is 0.00170. The monoisotopic (exact) mass is 357 g/mol. The number of carboxylic acid groups (broad SMARTS) is 1. The molecule has 0 saturated heterocycles. The van der Waals surface area contributed by atoms with Crippen LogP contribution in [0.15, 0.2) is 35.1 Å². The van der Waals surface area contributed by atoms with E-state index >= 15 is 0 Å². The Kier molecular flexibility index (Phi) is 5.08. The number of aryl methyl sites for hydroxylation is 1. The number of pyridine rings is 1. The molecule has 1 fully saturated rings. The van der Waals surface area contributed by atoms with Gasteiger partial charge in [0, 0.05) is 30.6 Å². The number of benzene rings is 1. The van der Waals surface area contributed by atoms with Crippen LogP contribution in [0.4, 0.5) is 0 Å². The van der Waals surface area contributed by atoms with Crippen molar-refractivity contribution < 1.29 is 14.7 Å². The average Bonchev–Trinajstić information content (AvgIpc) is 2.58. The first-order valence-electron chi connectivity index (χ1n) is 8.76. The molecule has 3 rings (SSSR count). The zero-order valence-corrected chi connectivity index (χ0v) is 14.9. The lowest BCUT2D eigenvalue weighted by Crippen LogP contribution is -2.54. The summed E-state index contributed by atoms with van der Waals surface area (Å²) < 4.78 is 1.52. The molecule has 2 N–H and O–H groups in total. The molecule has 138 valence electrons. The Balaban J connectivity index is 1.71. The molecule has 1 aliphatic rings. The highest BCUT2D eigenvalue weighted by Gasteiger charge is 2.35. The number of aromatic nitrogens is 1. The standard InChI is InChI=1S/C19H23N3O4/c1-3-22(11-18(24)25)13-8-12(9-13)20-19(26)15-10-17(23)21(2)16-7-5-4-6-14(15)16/h4-7,10,12-13H,3,8-9,11H2,1-2H3,(H,20,26)(H,24,25). The summed E-state index contributed by atoms with van der Waals surface area (Å²) in [5.41, 5.74) is 0.874. The van der Waals surface area contributed by atoms with Crippen molar-refractivity contribution in [2.45, 2.75) is 31.8 Å². The highest BCUT2D eigenvalue weighted by atomic mass is 16.4. The molecule has 26 heavy (non-hydrogen) atoms. The fraction of sp³-hybridized carbons (Fsp3) is 0.421. The minimum Gasteiger partial charge on any atom is -0.480 e. The van der Waals surface area contributed by atoms with E-state index in [0.717, 1.165) is 23.7 Å². The van der Waals surface area contributed by atoms with Crippen LogP contribution in [0.5, 0.6) is 0 Å². The lowest BCUT2D eigenvalue weighted by atomic mass is 9.85. The number of carboxylic acids is 1. The summed E-state index contributed by atoms with van der Waals surface area (Å²) in [4.78, 5) is 37.6. The van der Waals surface area contributed by atoms with Crippen molar-refractivity contribution >= 4 is 22.8 Å². The fourth-order valence-electron chi connectivity index (χ4n) is 3.54. The predicted molar refractivity (Wildman–Crippen MR) is 98.3 cm³/mol. The predicted octanol–water partition coefficient (Wildman–Crippen LogP) is 1.21. The van der Waals surface area contributed by atoms with Gasteiger partial charge in [-0.25, -0.2) is 0 Å². The number of hydrogen-bond donors (Lipinski definition) is 2. The van der Waals surface area contributed by atoms with Crippen LogP contribution in [0.3, 0.4) is 0 Å². The summed E-state index contributed by atoms with van der Waals surface area (Å²) >= 11 is 0. The molecule has 0 aliphatic heterocycles. The number of para-hydroxylation sites is 1. The molecule has 7 nitrogen and oxygen atoms in total. The summed E-state index contributed by atoms with van der Waals surface area (Å²) in [6.45, 7) is 2.61. The lowest BCUT2D eigenvalue weighted by Gasteiger charge is -2.42. The van der Waals surface area contributed by atoms with Crippen LogP contribution in [0.2, 0.25) is 0 Å². The third-order valence-electron chi connectivity index (χ3n) is 5.11. The topological polar surface area (TPSA) is 91.6 Å². The quantitative estimate of drug-likeness (QED) is 0.811. The highest BCUT2D eigenvalue weighted by molar-refractivity contribution is 6.06. The summed E-state index contributed by atoms with van der Waals surface area (Å²) in [6, 6.07) is 8.86. The summed E-state index contributed by atoms with van der Waals surface area (Å²) in [5.74, 6) is -1.10. The van der Waals surface area contributed by atoms with E-state index in [1.807, 2.05) is 36.1 Å². The third kappa shape index (κ3) is 3.48. The van der Waals surface area contributed by atoms with Crippen molar-refractivity contribution in [1.82, 2.24) is 14.8 Å². The van der Waals surface area contributed by atoms with Crippen LogP contribution in [0, 0.1) is 0 Å². The van der Waals surface area contributed by atoms with Crippen LogP contribution in [0.1, 0.15) is 30.1 Å². The van der Waals surface area contributed by atoms with Crippen molar-refractivity contribution in [3.63, 3.8) is 0 Å². The van der Waals surface area contributed by atoms with Crippen molar-refractivity contribution in [1.29, 1.82) is 0 Å². The van der Waals surface area contributed by atoms with Gasteiger partial charge in [-0.3, -0.25) is 19.3 Å². The Morgan fingerprint density at radius 2 is 2.00 bits per heavy atom. The van der Waals surface area contributed by atoms with Gasteiger partial charge in [0.15, 0.2) is 0 Å². The molecule has 0 bridgehead atoms. The summed E-state index contributed by atoms with van der Waals surface area (Å²) in [6.07, 6.45) is 1.44. The minimum atomic E-state index is -0.842. The van der Waals surface area contributed by atoms with Gasteiger partial charge >= 0.3 is 5.97 Å². The van der Waals surface area contributed by atoms with Gasteiger partial charge in [-0.15, -0.1) is 0 Å². The molecule has 1 saturated carbocycles. The number of amides is 1. The van der Waals surface area contributed by atoms with Crippen molar-refractivity contribution in [2.75, 3.05) is 13.1 Å². The maximum atomic E-state index is 12.7. The first kappa shape index (κ1) is 18.1. The Labute approximate surface area is 151 Å². The van der Waals surface area contributed by atoms with Crippen molar-refractivity contribution in [3.05, 3.63) is 46.2 Å². The first-order valence-corrected chi connectivity index (χ1v) is 8.76. The third-order valence-corrected chi connectivity index (χ3v) is 5.11. The largest absolute Gasteiger partial charge is 0.480 e. The smallest absolute Gasteiger partial charge is 0.317 e. The molecule has 7 heteroatoms. The number of nitrogens with zero attached hydrogens (tertiary/aromatic N) is 2. The van der Waals surface area contributed by atoms with E-state index in [1.165, 1.54) is 10.6 Å². The molecule has 0 atom stereocenters. The molecule has 1 amide bonds. The van der Waals surface area contributed by atoms with Gasteiger partial charge in [0.25, 0.3) is 11.5 Å². The van der Waals surface area contributed by atoms with Gasteiger partial charge in [0.05, 0.1) is 17.6 Å². The van der Waals surface area contributed by atoms with E-state index in [2.05, 4.69) is 5.32 Å². The highest BCUT2D eigenvalue weighted by Crippen LogP contribution is 2.26. The number of hydrogen-bond acceptors (Lipinski definition) is 4. The molecular formula is C19H23N3O4. The molecule has 1 aliphatic carbocycles. The fourth-order valence-corrected chi connectivity index (χ4v) is 3.54. The average molecular weight is 357 g/mol. The van der Waals surface area contributed by atoms with Crippen LogP contribution < -0.4 is 10.9 Å². The van der Waals surface area contributed by atoms with Gasteiger partial charge in [-0.2, -0.15) is 0 Å². The second-order valence-electron chi connectivity index (χ2n) is 6.72. The van der Waals surface area contributed by atoms with Gasteiger partial charge in [0.1, 0.15) is 0 Å². The number of fused-ring (bicyclic) bond motifs is 1. The first-order chi connectivity index (χ1) is 12.4. The Morgan fingerprint density at radius 1 is 1.31 bits per heavy atom. The number of carbonyl (C=O) groups is 2. The second-order valence-corrected chi connectivity index (χ2v) is 6.72. The van der Waals surface area contributed by atoms with E-state index < -0.39 is 5.97 Å². The number of likely N-dealkylation sites (N-methyl/N-ethyl adjacent to an activating group) is 1. The normalized spacial score (nSPS) is 19.3. The number of aliphatic carboxylic acids is 1. The van der Waals surface area contributed by atoms with E-state index in [1.54, 1.807) is 7.05 Å². The molecule has 1 heterocycles. The number of rotatable bonds is 6. The molecule has 2 aromatic rings. The van der Waals surface area contributed by atoms with Crippen LogP contribution in [0.25, 0.3) is 10.9 Å². The molecular weight excluding hydrogens is 334 g/mol. The number of carbonyl (C=O) groups excluding carboxylic acids is 1. The van der Waals surface area contributed by atoms with Crippen LogP contribution in [-0.4, -0.2) is 51.6 Å². The maximum Gasteiger partial charge on any atom is 0.317 e. The second kappa shape index (κ2) is 7.29. The van der Waals surface area contributed by atoms with Gasteiger partial charge in [0.2, 0.25) is 0 Å². The van der Waals surface area contributed by atoms with Crippen LogP contribution in [-0.2, 0) is 11.8 Å². The van der Waals surface area contributed by atoms with E-state index in [0.29, 0.717) is 12.1 Å². The zero-order valence-electron chi connectivity index (χ0n) is 14.9. The maximum absolute atomic E-state index is 12.7. The van der Waals surface area contributed by atoms with Gasteiger partial charge in [-0.1, -0.05) is 25.1 Å². The molecule has 0 unspecified atom stereocenters. The Hall–Kier alpha value is -2.67. The SMILES string of the molecule is CCN(CC(=O)O)C1CC(NC(=O)c2cc(=O)n(C)c3ccccc23)C1. The Morgan fingerprint density at radius 3 is 2.65 bits per heavy atom. The molecule has 0 radical (unpaired) electrons. The van der Waals surface area contributed by atoms with E-state index in [9.17, 15) is 14.4 Å². The molecule has 1 aromatic carbocycles. The zero-order chi connectivity index (χ0) is 18.8. The molecule has 1 aromatic heterocycles. The number of nitrogens with one attached hydrogen (secondary N) is 1. The lowest BCUT2D eigenvalue weighted by molar-refractivity contribution is -0.139. The van der Waals surface area contributed by atoms with E-state index in [-0.39, 0.29) is 30.1 Å². The van der Waals surface area contributed by atoms with Gasteiger partial charge < -0.3 is 15.0 Å². The van der Waals surface area contributed by atoms with Crippen molar-refractivity contribution in [3.8, 4) is 0 Å². The Bertz CT molecular complexity index is 899.